The van der Waals surface area contributed by atoms with Gasteiger partial charge in [-0.15, -0.1) is 12.4 Å². The van der Waals surface area contributed by atoms with Gasteiger partial charge in [0.15, 0.2) is 0 Å². The maximum atomic E-state index is 12.4. The number of methoxy groups -OCH3 is 2. The van der Waals surface area contributed by atoms with E-state index in [1.54, 1.807) is 14.2 Å². The van der Waals surface area contributed by atoms with Crippen LogP contribution in [-0.2, 0) is 19.7 Å². The van der Waals surface area contributed by atoms with Gasteiger partial charge in [-0.05, 0) is 25.3 Å². The third-order valence-corrected chi connectivity index (χ3v) is 5.34. The molecule has 1 saturated carbocycles. The second-order valence-electron chi connectivity index (χ2n) is 5.04. The topological polar surface area (TPSA) is 93.9 Å². The van der Waals surface area contributed by atoms with Crippen molar-refractivity contribution in [3.05, 3.63) is 0 Å². The van der Waals surface area contributed by atoms with E-state index in [9.17, 15) is 8.42 Å². The molecule has 2 atom stereocenters. The highest BCUT2D eigenvalue weighted by Gasteiger charge is 2.32. The summed E-state index contributed by atoms with van der Waals surface area (Å²) in [5.74, 6) is 0.233. The first-order valence-corrected chi connectivity index (χ1v) is 8.44. The van der Waals surface area contributed by atoms with Crippen LogP contribution in [0.2, 0.25) is 0 Å². The zero-order valence-corrected chi connectivity index (χ0v) is 14.4. The lowest BCUT2D eigenvalue weighted by Crippen LogP contribution is -2.49. The smallest absolute Gasteiger partial charge is 0.279 e. The standard InChI is InChI=1S/C12H27N3O4S.ClH/c1-18-8-6-15(7-9-19-2)20(16,17)14-12-5-3-4-11(12)10-13;/h11-12,14H,3-10,13H2,1-2H3;1H. The van der Waals surface area contributed by atoms with Crippen molar-refractivity contribution in [3.63, 3.8) is 0 Å². The lowest BCUT2D eigenvalue weighted by Gasteiger charge is -2.26. The largest absolute Gasteiger partial charge is 0.383 e. The quantitative estimate of drug-likeness (QED) is 0.579. The summed E-state index contributed by atoms with van der Waals surface area (Å²) in [5, 5.41) is 0. The Bertz CT molecular complexity index is 362. The molecule has 1 aliphatic rings. The summed E-state index contributed by atoms with van der Waals surface area (Å²) in [6.07, 6.45) is 2.86. The molecule has 0 saturated heterocycles. The zero-order chi connectivity index (χ0) is 15.0. The van der Waals surface area contributed by atoms with Gasteiger partial charge in [0.05, 0.1) is 13.2 Å². The molecule has 128 valence electrons. The number of halogens is 1. The molecule has 0 aromatic heterocycles. The fourth-order valence-electron chi connectivity index (χ4n) is 2.48. The fraction of sp³-hybridized carbons (Fsp3) is 1.00. The Balaban J connectivity index is 0.00000400. The Labute approximate surface area is 134 Å². The maximum Gasteiger partial charge on any atom is 0.279 e. The number of hydrogen-bond donors (Lipinski definition) is 2. The molecule has 9 heteroatoms. The Morgan fingerprint density at radius 1 is 1.19 bits per heavy atom. The molecule has 7 nitrogen and oxygen atoms in total. The van der Waals surface area contributed by atoms with Crippen molar-refractivity contribution in [2.75, 3.05) is 47.1 Å². The summed E-state index contributed by atoms with van der Waals surface area (Å²) in [5.41, 5.74) is 5.69. The zero-order valence-electron chi connectivity index (χ0n) is 12.8. The highest BCUT2D eigenvalue weighted by atomic mass is 35.5. The summed E-state index contributed by atoms with van der Waals surface area (Å²) < 4.78 is 38.9. The SMILES string of the molecule is COCCN(CCOC)S(=O)(=O)NC1CCCC1CN.Cl. The number of ether oxygens (including phenoxy) is 2. The summed E-state index contributed by atoms with van der Waals surface area (Å²) >= 11 is 0. The van der Waals surface area contributed by atoms with E-state index >= 15 is 0 Å². The van der Waals surface area contributed by atoms with Crippen molar-refractivity contribution in [2.45, 2.75) is 25.3 Å². The van der Waals surface area contributed by atoms with Gasteiger partial charge in [-0.2, -0.15) is 17.4 Å². The normalized spacial score (nSPS) is 22.5. The van der Waals surface area contributed by atoms with Gasteiger partial charge < -0.3 is 15.2 Å². The molecule has 0 aliphatic heterocycles. The first kappa shape index (κ1) is 21.0. The van der Waals surface area contributed by atoms with E-state index in [1.165, 1.54) is 4.31 Å². The number of nitrogens with one attached hydrogen (secondary N) is 1. The molecule has 1 aliphatic carbocycles. The highest BCUT2D eigenvalue weighted by molar-refractivity contribution is 7.87. The average molecular weight is 346 g/mol. The molecule has 21 heavy (non-hydrogen) atoms. The highest BCUT2D eigenvalue weighted by Crippen LogP contribution is 2.25. The van der Waals surface area contributed by atoms with Gasteiger partial charge in [0.25, 0.3) is 10.2 Å². The summed E-state index contributed by atoms with van der Waals surface area (Å²) in [4.78, 5) is 0. The number of nitrogens with two attached hydrogens (primary N) is 1. The molecule has 1 fully saturated rings. The maximum absolute atomic E-state index is 12.4. The molecule has 0 spiro atoms. The summed E-state index contributed by atoms with van der Waals surface area (Å²) in [7, 11) is -0.422. The lowest BCUT2D eigenvalue weighted by atomic mass is 10.1. The Kier molecular flexibility index (Phi) is 10.7. The molecule has 0 aromatic rings. The van der Waals surface area contributed by atoms with Gasteiger partial charge >= 0.3 is 0 Å². The molecule has 0 heterocycles. The second-order valence-corrected chi connectivity index (χ2v) is 6.74. The molecule has 0 aromatic carbocycles. The van der Waals surface area contributed by atoms with Gasteiger partial charge in [0.2, 0.25) is 0 Å². The number of rotatable bonds is 10. The van der Waals surface area contributed by atoms with E-state index in [0.717, 1.165) is 19.3 Å². The van der Waals surface area contributed by atoms with Crippen molar-refractivity contribution in [2.24, 2.45) is 11.7 Å². The first-order chi connectivity index (χ1) is 9.55. The van der Waals surface area contributed by atoms with Gasteiger partial charge in [-0.1, -0.05) is 6.42 Å². The van der Waals surface area contributed by atoms with E-state index in [2.05, 4.69) is 4.72 Å². The number of hydrogen-bond acceptors (Lipinski definition) is 5. The number of nitrogens with zero attached hydrogens (tertiary/aromatic N) is 1. The minimum atomic E-state index is -3.53. The van der Waals surface area contributed by atoms with Crippen molar-refractivity contribution >= 4 is 22.6 Å². The molecular weight excluding hydrogens is 318 g/mol. The predicted octanol–water partition coefficient (Wildman–Crippen LogP) is -0.0352. The molecule has 2 unspecified atom stereocenters. The van der Waals surface area contributed by atoms with Crippen molar-refractivity contribution in [3.8, 4) is 0 Å². The molecule has 0 bridgehead atoms. The molecule has 3 N–H and O–H groups in total. The first-order valence-electron chi connectivity index (χ1n) is 7.00. The van der Waals surface area contributed by atoms with Crippen molar-refractivity contribution in [1.29, 1.82) is 0 Å². The van der Waals surface area contributed by atoms with Crippen LogP contribution in [0.4, 0.5) is 0 Å². The molecule has 0 amide bonds. The van der Waals surface area contributed by atoms with Crippen LogP contribution in [-0.4, -0.2) is 65.8 Å². The minimum Gasteiger partial charge on any atom is -0.383 e. The van der Waals surface area contributed by atoms with Crippen LogP contribution in [0.15, 0.2) is 0 Å². The van der Waals surface area contributed by atoms with Gasteiger partial charge in [0, 0.05) is 33.4 Å². The summed E-state index contributed by atoms with van der Waals surface area (Å²) in [6, 6.07) is -0.0578. The van der Waals surface area contributed by atoms with Gasteiger partial charge in [-0.25, -0.2) is 0 Å². The minimum absolute atomic E-state index is 0. The monoisotopic (exact) mass is 345 g/mol. The van der Waals surface area contributed by atoms with Crippen LogP contribution in [0.25, 0.3) is 0 Å². The molecule has 1 rings (SSSR count). The Morgan fingerprint density at radius 2 is 1.76 bits per heavy atom. The van der Waals surface area contributed by atoms with Gasteiger partial charge in [-0.3, -0.25) is 0 Å². The van der Waals surface area contributed by atoms with Crippen LogP contribution < -0.4 is 10.5 Å². The third-order valence-electron chi connectivity index (χ3n) is 3.69. The van der Waals surface area contributed by atoms with Crippen LogP contribution in [0, 0.1) is 5.92 Å². The van der Waals surface area contributed by atoms with Crippen molar-refractivity contribution in [1.82, 2.24) is 9.03 Å². The van der Waals surface area contributed by atoms with Crippen LogP contribution in [0.5, 0.6) is 0 Å². The van der Waals surface area contributed by atoms with Crippen LogP contribution in [0.1, 0.15) is 19.3 Å². The van der Waals surface area contributed by atoms with E-state index in [1.807, 2.05) is 0 Å². The Hall–Kier alpha value is 0.0400. The van der Waals surface area contributed by atoms with E-state index in [4.69, 9.17) is 15.2 Å². The Morgan fingerprint density at radius 3 is 2.24 bits per heavy atom. The summed E-state index contributed by atoms with van der Waals surface area (Å²) in [6.45, 7) is 1.86. The lowest BCUT2D eigenvalue weighted by molar-refractivity contribution is 0.149. The van der Waals surface area contributed by atoms with E-state index in [0.29, 0.717) is 32.8 Å². The van der Waals surface area contributed by atoms with E-state index < -0.39 is 10.2 Å². The second kappa shape index (κ2) is 10.7. The van der Waals surface area contributed by atoms with Crippen LogP contribution in [0.3, 0.4) is 0 Å². The average Bonchev–Trinajstić information content (AvgIpc) is 2.85. The third kappa shape index (κ3) is 6.77. The van der Waals surface area contributed by atoms with Crippen molar-refractivity contribution < 1.29 is 17.9 Å². The van der Waals surface area contributed by atoms with Gasteiger partial charge in [0.1, 0.15) is 0 Å². The predicted molar refractivity (Wildman–Crippen MR) is 84.8 cm³/mol. The molecular formula is C12H28ClN3O4S. The molecule has 0 radical (unpaired) electrons. The van der Waals surface area contributed by atoms with E-state index in [-0.39, 0.29) is 24.4 Å². The van der Waals surface area contributed by atoms with Crippen LogP contribution >= 0.6 is 12.4 Å². The fourth-order valence-corrected chi connectivity index (χ4v) is 3.95.